The molecule has 1 N–H and O–H groups in total. The highest BCUT2D eigenvalue weighted by Gasteiger charge is 2.37. The molecule has 3 aliphatic rings. The molecule has 1 aromatic carbocycles. The van der Waals surface area contributed by atoms with Gasteiger partial charge in [0.25, 0.3) is 0 Å². The number of carbonyl (C=O) groups excluding carboxylic acids is 2. The first-order chi connectivity index (χ1) is 14.1. The predicted molar refractivity (Wildman–Crippen MR) is 110 cm³/mol. The highest BCUT2D eigenvalue weighted by Crippen LogP contribution is 2.32. The largest absolute Gasteiger partial charge is 0.355 e. The third kappa shape index (κ3) is 5.35. The fourth-order valence-corrected chi connectivity index (χ4v) is 4.72. The Balaban J connectivity index is 1.20. The normalized spacial score (nSPS) is 23.8. The summed E-state index contributed by atoms with van der Waals surface area (Å²) in [6, 6.07) is 6.95. The van der Waals surface area contributed by atoms with Crippen LogP contribution >= 0.6 is 0 Å². The molecule has 0 bridgehead atoms. The molecule has 4 rings (SSSR count). The lowest BCUT2D eigenvalue weighted by molar-refractivity contribution is -0.134. The van der Waals surface area contributed by atoms with E-state index in [1.807, 2.05) is 0 Å². The van der Waals surface area contributed by atoms with Gasteiger partial charge in [0.2, 0.25) is 11.8 Å². The molecule has 158 valence electrons. The Bertz CT molecular complexity index is 711. The van der Waals surface area contributed by atoms with Crippen molar-refractivity contribution in [1.29, 1.82) is 0 Å². The smallest absolute Gasteiger partial charge is 0.225 e. The van der Waals surface area contributed by atoms with Gasteiger partial charge in [-0.15, -0.1) is 0 Å². The fraction of sp³-hybridized carbons (Fsp3) is 0.652. The van der Waals surface area contributed by atoms with Gasteiger partial charge in [0.1, 0.15) is 5.82 Å². The maximum Gasteiger partial charge on any atom is 0.225 e. The molecule has 6 heteroatoms. The molecule has 2 aliphatic heterocycles. The second-order valence-corrected chi connectivity index (χ2v) is 8.83. The molecule has 0 spiro atoms. The molecule has 2 heterocycles. The summed E-state index contributed by atoms with van der Waals surface area (Å²) in [5.74, 6) is 0.620. The summed E-state index contributed by atoms with van der Waals surface area (Å²) < 4.78 is 13.0. The van der Waals surface area contributed by atoms with E-state index < -0.39 is 0 Å². The van der Waals surface area contributed by atoms with Crippen LogP contribution in [0.5, 0.6) is 0 Å². The maximum atomic E-state index is 13.0. The molecule has 2 amide bonds. The number of piperidine rings is 2. The molecule has 0 aromatic heterocycles. The summed E-state index contributed by atoms with van der Waals surface area (Å²) in [5, 5.41) is 3.07. The number of nitrogens with one attached hydrogen (secondary N) is 1. The standard InChI is InChI=1S/C23H32FN3O2/c24-20-7-3-17(4-8-20)9-12-25-22(28)19-2-1-13-27(16-19)21-10-14-26(15-11-21)23(29)18-5-6-18/h3-4,7-8,18-19,21H,1-2,5-6,9-16H2,(H,25,28). The minimum Gasteiger partial charge on any atom is -0.355 e. The van der Waals surface area contributed by atoms with Crippen LogP contribution in [0.4, 0.5) is 4.39 Å². The van der Waals surface area contributed by atoms with E-state index in [9.17, 15) is 14.0 Å². The van der Waals surface area contributed by atoms with Crippen LogP contribution in [-0.2, 0) is 16.0 Å². The van der Waals surface area contributed by atoms with Crippen molar-refractivity contribution in [2.24, 2.45) is 11.8 Å². The molecular weight excluding hydrogens is 369 g/mol. The number of hydrogen-bond donors (Lipinski definition) is 1. The van der Waals surface area contributed by atoms with E-state index in [4.69, 9.17) is 0 Å². The van der Waals surface area contributed by atoms with Crippen molar-refractivity contribution in [3.05, 3.63) is 35.6 Å². The highest BCUT2D eigenvalue weighted by atomic mass is 19.1. The SMILES string of the molecule is O=C(NCCc1ccc(F)cc1)C1CCCN(C2CCN(C(=O)C3CC3)CC2)C1. The number of benzene rings is 1. The summed E-state index contributed by atoms with van der Waals surface area (Å²) in [4.78, 5) is 29.4. The minimum atomic E-state index is -0.233. The quantitative estimate of drug-likeness (QED) is 0.797. The number of rotatable bonds is 6. The van der Waals surface area contributed by atoms with Gasteiger partial charge in [0.15, 0.2) is 0 Å². The number of amides is 2. The third-order valence-corrected chi connectivity index (χ3v) is 6.67. The van der Waals surface area contributed by atoms with E-state index in [0.29, 0.717) is 24.4 Å². The Hall–Kier alpha value is -1.95. The summed E-state index contributed by atoms with van der Waals surface area (Å²) in [5.41, 5.74) is 1.03. The fourth-order valence-electron chi connectivity index (χ4n) is 4.72. The van der Waals surface area contributed by atoms with Crippen LogP contribution in [0.15, 0.2) is 24.3 Å². The van der Waals surface area contributed by atoms with Crippen LogP contribution in [0, 0.1) is 17.7 Å². The van der Waals surface area contributed by atoms with Crippen molar-refractivity contribution in [3.8, 4) is 0 Å². The van der Waals surface area contributed by atoms with Crippen LogP contribution in [0.3, 0.4) is 0 Å². The third-order valence-electron chi connectivity index (χ3n) is 6.67. The van der Waals surface area contributed by atoms with E-state index in [-0.39, 0.29) is 17.6 Å². The monoisotopic (exact) mass is 401 g/mol. The second kappa shape index (κ2) is 9.24. The Kier molecular flexibility index (Phi) is 6.48. The zero-order chi connectivity index (χ0) is 20.2. The lowest BCUT2D eigenvalue weighted by atomic mass is 9.93. The van der Waals surface area contributed by atoms with Gasteiger partial charge in [-0.2, -0.15) is 0 Å². The number of nitrogens with zero attached hydrogens (tertiary/aromatic N) is 2. The van der Waals surface area contributed by atoms with Crippen molar-refractivity contribution in [1.82, 2.24) is 15.1 Å². The molecular formula is C23H32FN3O2. The second-order valence-electron chi connectivity index (χ2n) is 8.83. The number of hydrogen-bond acceptors (Lipinski definition) is 3. The van der Waals surface area contributed by atoms with Gasteiger partial charge in [-0.25, -0.2) is 4.39 Å². The van der Waals surface area contributed by atoms with Crippen LogP contribution in [0.1, 0.15) is 44.1 Å². The van der Waals surface area contributed by atoms with Gasteiger partial charge < -0.3 is 10.2 Å². The summed E-state index contributed by atoms with van der Waals surface area (Å²) in [6.07, 6.45) is 6.91. The summed E-state index contributed by atoms with van der Waals surface area (Å²) in [7, 11) is 0. The Labute approximate surface area is 172 Å². The van der Waals surface area contributed by atoms with Crippen molar-refractivity contribution >= 4 is 11.8 Å². The zero-order valence-electron chi connectivity index (χ0n) is 17.1. The lowest BCUT2D eigenvalue weighted by Crippen LogP contribution is -2.51. The van der Waals surface area contributed by atoms with Crippen LogP contribution in [0.25, 0.3) is 0 Å². The Morgan fingerprint density at radius 3 is 2.38 bits per heavy atom. The van der Waals surface area contributed by atoms with Crippen molar-refractivity contribution in [3.63, 3.8) is 0 Å². The first-order valence-corrected chi connectivity index (χ1v) is 11.1. The van der Waals surface area contributed by atoms with Crippen molar-refractivity contribution in [2.45, 2.75) is 51.0 Å². The number of likely N-dealkylation sites (tertiary alicyclic amines) is 2. The molecule has 3 fully saturated rings. The number of carbonyl (C=O) groups is 2. The van der Waals surface area contributed by atoms with E-state index in [2.05, 4.69) is 15.1 Å². The van der Waals surface area contributed by atoms with Crippen molar-refractivity contribution in [2.75, 3.05) is 32.7 Å². The van der Waals surface area contributed by atoms with E-state index in [0.717, 1.165) is 76.7 Å². The Morgan fingerprint density at radius 2 is 1.69 bits per heavy atom. The van der Waals surface area contributed by atoms with E-state index in [1.54, 1.807) is 12.1 Å². The molecule has 2 saturated heterocycles. The van der Waals surface area contributed by atoms with Crippen LogP contribution < -0.4 is 5.32 Å². The summed E-state index contributed by atoms with van der Waals surface area (Å²) in [6.45, 7) is 4.20. The molecule has 1 aliphatic carbocycles. The summed E-state index contributed by atoms with van der Waals surface area (Å²) >= 11 is 0. The van der Waals surface area contributed by atoms with E-state index in [1.165, 1.54) is 12.1 Å². The van der Waals surface area contributed by atoms with Gasteiger partial charge >= 0.3 is 0 Å². The molecule has 5 nitrogen and oxygen atoms in total. The first kappa shape index (κ1) is 20.3. The van der Waals surface area contributed by atoms with Gasteiger partial charge in [-0.1, -0.05) is 12.1 Å². The molecule has 1 atom stereocenters. The maximum absolute atomic E-state index is 13.0. The molecule has 29 heavy (non-hydrogen) atoms. The lowest BCUT2D eigenvalue weighted by Gasteiger charge is -2.42. The van der Waals surface area contributed by atoms with Gasteiger partial charge in [-0.05, 0) is 69.2 Å². The molecule has 1 unspecified atom stereocenters. The predicted octanol–water partition coefficient (Wildman–Crippen LogP) is 2.60. The van der Waals surface area contributed by atoms with Crippen molar-refractivity contribution < 1.29 is 14.0 Å². The average molecular weight is 402 g/mol. The van der Waals surface area contributed by atoms with E-state index >= 15 is 0 Å². The average Bonchev–Trinajstić information content (AvgIpc) is 3.60. The van der Waals surface area contributed by atoms with Gasteiger partial charge in [-0.3, -0.25) is 14.5 Å². The van der Waals surface area contributed by atoms with Crippen LogP contribution in [0.2, 0.25) is 0 Å². The molecule has 1 aromatic rings. The topological polar surface area (TPSA) is 52.7 Å². The minimum absolute atomic E-state index is 0.0445. The van der Waals surface area contributed by atoms with Gasteiger partial charge in [0, 0.05) is 38.1 Å². The number of halogens is 1. The first-order valence-electron chi connectivity index (χ1n) is 11.1. The highest BCUT2D eigenvalue weighted by molar-refractivity contribution is 5.81. The molecule has 0 radical (unpaired) electrons. The zero-order valence-corrected chi connectivity index (χ0v) is 17.1. The Morgan fingerprint density at radius 1 is 0.966 bits per heavy atom. The molecule has 1 saturated carbocycles. The van der Waals surface area contributed by atoms with Gasteiger partial charge in [0.05, 0.1) is 5.92 Å². The van der Waals surface area contributed by atoms with Crippen LogP contribution in [-0.4, -0.2) is 60.4 Å².